The second kappa shape index (κ2) is 18.8. The Balaban J connectivity index is 1.80. The van der Waals surface area contributed by atoms with Crippen LogP contribution in [-0.4, -0.2) is 32.3 Å². The van der Waals surface area contributed by atoms with Crippen molar-refractivity contribution in [2.45, 2.75) is 122 Å². The lowest BCUT2D eigenvalue weighted by molar-refractivity contribution is -0.119. The van der Waals surface area contributed by atoms with Crippen molar-refractivity contribution >= 4 is 21.6 Å². The van der Waals surface area contributed by atoms with E-state index in [4.69, 9.17) is 0 Å². The van der Waals surface area contributed by atoms with Gasteiger partial charge in [-0.1, -0.05) is 82.6 Å². The van der Waals surface area contributed by atoms with E-state index >= 15 is 0 Å². The van der Waals surface area contributed by atoms with Crippen LogP contribution in [-0.2, 0) is 14.8 Å². The second-order valence-electron chi connectivity index (χ2n) is 9.41. The van der Waals surface area contributed by atoms with Crippen molar-refractivity contribution < 1.29 is 13.2 Å². The molecule has 190 valence electrons. The first-order valence-electron chi connectivity index (χ1n) is 13.0. The molecule has 0 radical (unpaired) electrons. The van der Waals surface area contributed by atoms with Crippen LogP contribution in [0.5, 0.6) is 0 Å². The molecule has 1 heterocycles. The highest BCUT2D eigenvalue weighted by molar-refractivity contribution is 7.90. The number of unbranched alkanes of at least 4 members (excludes halogenated alkanes) is 13. The Kier molecular flexibility index (Phi) is 16.8. The zero-order valence-corrected chi connectivity index (χ0v) is 21.6. The highest BCUT2D eigenvalue weighted by Crippen LogP contribution is 2.14. The van der Waals surface area contributed by atoms with E-state index in [1.54, 1.807) is 0 Å². The van der Waals surface area contributed by atoms with Gasteiger partial charge in [0.15, 0.2) is 0 Å². The van der Waals surface area contributed by atoms with E-state index in [-0.39, 0.29) is 11.7 Å². The lowest BCUT2D eigenvalue weighted by atomic mass is 10.0. The number of nitrogens with zero attached hydrogens (tertiary/aromatic N) is 3. The number of rotatable bonds is 22. The fourth-order valence-corrected chi connectivity index (χ4v) is 5.02. The summed E-state index contributed by atoms with van der Waals surface area (Å²) in [5.41, 5.74) is 2.09. The molecule has 33 heavy (non-hydrogen) atoms. The SMILES string of the molecule is C=C(C)CCCS(=O)(=O)NC(=O)CCCCCCCCCCCCCCCCC1=NN=NC1. The van der Waals surface area contributed by atoms with Crippen molar-refractivity contribution in [2.75, 3.05) is 12.3 Å². The predicted octanol–water partition coefficient (Wildman–Crippen LogP) is 6.85. The Morgan fingerprint density at radius 3 is 1.82 bits per heavy atom. The van der Waals surface area contributed by atoms with Crippen molar-refractivity contribution in [1.82, 2.24) is 4.72 Å². The molecular weight excluding hydrogens is 436 g/mol. The van der Waals surface area contributed by atoms with Gasteiger partial charge in [-0.2, -0.15) is 5.11 Å². The molecule has 0 aromatic carbocycles. The monoisotopic (exact) mass is 482 g/mol. The summed E-state index contributed by atoms with van der Waals surface area (Å²) in [5.74, 6) is -0.392. The van der Waals surface area contributed by atoms with Gasteiger partial charge in [-0.3, -0.25) is 9.52 Å². The molecular formula is C25H46N4O3S. The largest absolute Gasteiger partial charge is 0.274 e. The average Bonchev–Trinajstić information content (AvgIpc) is 3.26. The number of amides is 1. The number of carbonyl (C=O) groups excluding carboxylic acids is 1. The smallest absolute Gasteiger partial charge is 0.234 e. The molecule has 8 heteroatoms. The van der Waals surface area contributed by atoms with Gasteiger partial charge in [0, 0.05) is 6.42 Å². The first-order chi connectivity index (χ1) is 15.9. The maximum absolute atomic E-state index is 11.9. The fourth-order valence-electron chi connectivity index (χ4n) is 3.94. The summed E-state index contributed by atoms with van der Waals surface area (Å²) in [6.45, 7) is 6.34. The Bertz CT molecular complexity index is 717. The molecule has 1 N–H and O–H groups in total. The van der Waals surface area contributed by atoms with Gasteiger partial charge in [-0.15, -0.1) is 11.7 Å². The predicted molar refractivity (Wildman–Crippen MR) is 137 cm³/mol. The van der Waals surface area contributed by atoms with Crippen molar-refractivity contribution in [3.05, 3.63) is 12.2 Å². The minimum absolute atomic E-state index is 0.0175. The molecule has 0 unspecified atom stereocenters. The van der Waals surface area contributed by atoms with E-state index in [1.807, 2.05) is 6.92 Å². The molecule has 0 saturated heterocycles. The minimum Gasteiger partial charge on any atom is -0.274 e. The van der Waals surface area contributed by atoms with E-state index in [9.17, 15) is 13.2 Å². The van der Waals surface area contributed by atoms with Crippen molar-refractivity contribution in [2.24, 2.45) is 15.4 Å². The molecule has 1 rings (SSSR count). The third kappa shape index (κ3) is 18.5. The summed E-state index contributed by atoms with van der Waals surface area (Å²) in [5, 5.41) is 11.5. The standard InChI is InChI=1S/C25H46N4O3S/c1-23(2)18-17-21-33(31,32)28-25(30)20-16-14-12-10-8-6-4-3-5-7-9-11-13-15-19-24-22-26-29-27-24/h1,3-22H2,2H3,(H,28,30). The van der Waals surface area contributed by atoms with E-state index in [0.29, 0.717) is 25.8 Å². The molecule has 0 atom stereocenters. The molecule has 0 aliphatic carbocycles. The van der Waals surface area contributed by atoms with Crippen molar-refractivity contribution in [3.8, 4) is 0 Å². The van der Waals surface area contributed by atoms with Crippen LogP contribution in [0, 0.1) is 0 Å². The number of sulfonamides is 1. The molecule has 0 fully saturated rings. The summed E-state index contributed by atoms with van der Waals surface area (Å²) in [6.07, 6.45) is 19.6. The van der Waals surface area contributed by atoms with Gasteiger partial charge in [0.05, 0.1) is 11.5 Å². The summed E-state index contributed by atoms with van der Waals surface area (Å²) >= 11 is 0. The Labute approximate surface area is 202 Å². The molecule has 0 bridgehead atoms. The molecule has 0 aromatic rings. The fraction of sp³-hybridized carbons (Fsp3) is 0.840. The first kappa shape index (κ1) is 29.5. The second-order valence-corrected chi connectivity index (χ2v) is 11.3. The normalized spacial score (nSPS) is 13.3. The first-order valence-corrected chi connectivity index (χ1v) is 14.6. The van der Waals surface area contributed by atoms with Crippen LogP contribution in [0.4, 0.5) is 0 Å². The van der Waals surface area contributed by atoms with Crippen LogP contribution >= 0.6 is 0 Å². The Morgan fingerprint density at radius 2 is 1.33 bits per heavy atom. The molecule has 1 aliphatic rings. The number of allylic oxidation sites excluding steroid dienone is 1. The lowest BCUT2D eigenvalue weighted by Gasteiger charge is -2.07. The number of hydrogen-bond acceptors (Lipinski definition) is 6. The van der Waals surface area contributed by atoms with Gasteiger partial charge in [-0.05, 0) is 44.3 Å². The van der Waals surface area contributed by atoms with Crippen molar-refractivity contribution in [3.63, 3.8) is 0 Å². The topological polar surface area (TPSA) is 100 Å². The number of carbonyl (C=O) groups is 1. The lowest BCUT2D eigenvalue weighted by Crippen LogP contribution is -2.32. The van der Waals surface area contributed by atoms with Crippen LogP contribution < -0.4 is 4.72 Å². The van der Waals surface area contributed by atoms with E-state index < -0.39 is 10.0 Å². The summed E-state index contributed by atoms with van der Waals surface area (Å²) in [6, 6.07) is 0. The molecule has 0 saturated carbocycles. The van der Waals surface area contributed by atoms with Crippen molar-refractivity contribution in [1.29, 1.82) is 0 Å². The van der Waals surface area contributed by atoms with Crippen LogP contribution in [0.25, 0.3) is 0 Å². The highest BCUT2D eigenvalue weighted by Gasteiger charge is 2.13. The maximum atomic E-state index is 11.9. The van der Waals surface area contributed by atoms with Gasteiger partial charge in [-0.25, -0.2) is 8.42 Å². The molecule has 1 amide bonds. The third-order valence-electron chi connectivity index (χ3n) is 5.91. The maximum Gasteiger partial charge on any atom is 0.234 e. The highest BCUT2D eigenvalue weighted by atomic mass is 32.2. The van der Waals surface area contributed by atoms with Gasteiger partial charge in [0.2, 0.25) is 15.9 Å². The molecule has 0 aromatic heterocycles. The molecule has 0 spiro atoms. The minimum atomic E-state index is -3.50. The van der Waals surface area contributed by atoms with Crippen LogP contribution in [0.3, 0.4) is 0 Å². The Morgan fingerprint density at radius 1 is 0.818 bits per heavy atom. The molecule has 1 aliphatic heterocycles. The summed E-state index contributed by atoms with van der Waals surface area (Å²) < 4.78 is 25.9. The number of nitrogens with one attached hydrogen (secondary N) is 1. The molecule has 7 nitrogen and oxygen atoms in total. The zero-order chi connectivity index (χ0) is 24.2. The van der Waals surface area contributed by atoms with Crippen LogP contribution in [0.2, 0.25) is 0 Å². The summed E-state index contributed by atoms with van der Waals surface area (Å²) in [4.78, 5) is 11.8. The summed E-state index contributed by atoms with van der Waals surface area (Å²) in [7, 11) is -3.50. The number of hydrogen-bond donors (Lipinski definition) is 1. The van der Waals surface area contributed by atoms with Gasteiger partial charge >= 0.3 is 0 Å². The third-order valence-corrected chi connectivity index (χ3v) is 7.27. The van der Waals surface area contributed by atoms with E-state index in [1.165, 1.54) is 70.6 Å². The van der Waals surface area contributed by atoms with Crippen LogP contribution in [0.1, 0.15) is 122 Å². The van der Waals surface area contributed by atoms with Gasteiger partial charge in [0.1, 0.15) is 6.54 Å². The average molecular weight is 483 g/mol. The van der Waals surface area contributed by atoms with E-state index in [0.717, 1.165) is 37.0 Å². The Hall–Kier alpha value is -1.57. The van der Waals surface area contributed by atoms with Gasteiger partial charge in [0.25, 0.3) is 0 Å². The van der Waals surface area contributed by atoms with Crippen LogP contribution in [0.15, 0.2) is 27.6 Å². The zero-order valence-electron chi connectivity index (χ0n) is 20.8. The van der Waals surface area contributed by atoms with Gasteiger partial charge < -0.3 is 0 Å². The quantitative estimate of drug-likeness (QED) is 0.135. The van der Waals surface area contributed by atoms with E-state index in [2.05, 4.69) is 26.7 Å².